The molecule has 19 heavy (non-hydrogen) atoms. The summed E-state index contributed by atoms with van der Waals surface area (Å²) in [6.45, 7) is 7.43. The SMILES string of the molecule is CC(C)c1ccc(N2CCCNC(CC#N)C2)cc1. The highest BCUT2D eigenvalue weighted by atomic mass is 15.2. The first-order valence-electron chi connectivity index (χ1n) is 7.16. The van der Waals surface area contributed by atoms with E-state index in [1.807, 2.05) is 0 Å². The van der Waals surface area contributed by atoms with E-state index in [-0.39, 0.29) is 6.04 Å². The zero-order chi connectivity index (χ0) is 13.7. The van der Waals surface area contributed by atoms with Crippen LogP contribution >= 0.6 is 0 Å². The van der Waals surface area contributed by atoms with Gasteiger partial charge in [0.2, 0.25) is 0 Å². The fourth-order valence-electron chi connectivity index (χ4n) is 2.55. The highest BCUT2D eigenvalue weighted by Gasteiger charge is 2.17. The van der Waals surface area contributed by atoms with Gasteiger partial charge in [-0.2, -0.15) is 5.26 Å². The average molecular weight is 257 g/mol. The Morgan fingerprint density at radius 2 is 2.11 bits per heavy atom. The molecule has 0 saturated carbocycles. The van der Waals surface area contributed by atoms with Gasteiger partial charge in [0.05, 0.1) is 12.5 Å². The lowest BCUT2D eigenvalue weighted by molar-refractivity contribution is 0.552. The van der Waals surface area contributed by atoms with Gasteiger partial charge >= 0.3 is 0 Å². The van der Waals surface area contributed by atoms with Gasteiger partial charge in [0.25, 0.3) is 0 Å². The van der Waals surface area contributed by atoms with Gasteiger partial charge in [-0.15, -0.1) is 0 Å². The summed E-state index contributed by atoms with van der Waals surface area (Å²) in [6, 6.07) is 11.4. The van der Waals surface area contributed by atoms with E-state index in [0.717, 1.165) is 26.1 Å². The monoisotopic (exact) mass is 257 g/mol. The van der Waals surface area contributed by atoms with Gasteiger partial charge in [0.1, 0.15) is 0 Å². The van der Waals surface area contributed by atoms with Crippen LogP contribution in [0.15, 0.2) is 24.3 Å². The van der Waals surface area contributed by atoms with E-state index >= 15 is 0 Å². The molecule has 0 amide bonds. The molecule has 1 saturated heterocycles. The Bertz CT molecular complexity index is 430. The zero-order valence-corrected chi connectivity index (χ0v) is 11.9. The lowest BCUT2D eigenvalue weighted by Gasteiger charge is -2.26. The summed E-state index contributed by atoms with van der Waals surface area (Å²) in [5, 5.41) is 12.3. The molecule has 0 radical (unpaired) electrons. The minimum Gasteiger partial charge on any atom is -0.370 e. The molecular weight excluding hydrogens is 234 g/mol. The van der Waals surface area contributed by atoms with Crippen LogP contribution in [0.5, 0.6) is 0 Å². The highest BCUT2D eigenvalue weighted by molar-refractivity contribution is 5.48. The Hall–Kier alpha value is -1.53. The van der Waals surface area contributed by atoms with E-state index in [1.54, 1.807) is 0 Å². The summed E-state index contributed by atoms with van der Waals surface area (Å²) in [5.41, 5.74) is 2.65. The number of nitrogens with one attached hydrogen (secondary N) is 1. The van der Waals surface area contributed by atoms with Crippen molar-refractivity contribution in [3.8, 4) is 6.07 Å². The van der Waals surface area contributed by atoms with Crippen LogP contribution in [0.4, 0.5) is 5.69 Å². The molecule has 1 fully saturated rings. The van der Waals surface area contributed by atoms with Crippen molar-refractivity contribution in [3.05, 3.63) is 29.8 Å². The van der Waals surface area contributed by atoms with Crippen molar-refractivity contribution >= 4 is 5.69 Å². The molecule has 0 bridgehead atoms. The lowest BCUT2D eigenvalue weighted by atomic mass is 10.0. The van der Waals surface area contributed by atoms with Crippen LogP contribution in [0.3, 0.4) is 0 Å². The third-order valence-corrected chi connectivity index (χ3v) is 3.74. The molecule has 2 rings (SSSR count). The first-order valence-corrected chi connectivity index (χ1v) is 7.16. The van der Waals surface area contributed by atoms with E-state index in [4.69, 9.17) is 5.26 Å². The van der Waals surface area contributed by atoms with E-state index in [0.29, 0.717) is 12.3 Å². The maximum absolute atomic E-state index is 8.86. The van der Waals surface area contributed by atoms with Crippen LogP contribution in [0.2, 0.25) is 0 Å². The molecule has 3 nitrogen and oxygen atoms in total. The van der Waals surface area contributed by atoms with Crippen molar-refractivity contribution in [2.24, 2.45) is 0 Å². The molecule has 1 unspecified atom stereocenters. The zero-order valence-electron chi connectivity index (χ0n) is 11.9. The molecule has 1 aromatic rings. The molecular formula is C16H23N3. The second-order valence-electron chi connectivity index (χ2n) is 5.56. The van der Waals surface area contributed by atoms with E-state index in [2.05, 4.69) is 54.4 Å². The summed E-state index contributed by atoms with van der Waals surface area (Å²) in [6.07, 6.45) is 1.72. The molecule has 1 heterocycles. The van der Waals surface area contributed by atoms with Gasteiger partial charge in [0, 0.05) is 24.8 Å². The normalized spacial score (nSPS) is 20.1. The number of hydrogen-bond donors (Lipinski definition) is 1. The van der Waals surface area contributed by atoms with E-state index in [9.17, 15) is 0 Å². The van der Waals surface area contributed by atoms with Crippen LogP contribution < -0.4 is 10.2 Å². The quantitative estimate of drug-likeness (QED) is 0.905. The van der Waals surface area contributed by atoms with Gasteiger partial charge in [-0.05, 0) is 36.6 Å². The fraction of sp³-hybridized carbons (Fsp3) is 0.562. The smallest absolute Gasteiger partial charge is 0.0638 e. The molecule has 0 aromatic heterocycles. The summed E-state index contributed by atoms with van der Waals surface area (Å²) in [4.78, 5) is 2.39. The van der Waals surface area contributed by atoms with Crippen molar-refractivity contribution < 1.29 is 0 Å². The van der Waals surface area contributed by atoms with Crippen molar-refractivity contribution in [1.29, 1.82) is 5.26 Å². The minimum atomic E-state index is 0.289. The van der Waals surface area contributed by atoms with Crippen LogP contribution in [0, 0.1) is 11.3 Å². The van der Waals surface area contributed by atoms with Gasteiger partial charge in [0.15, 0.2) is 0 Å². The molecule has 1 aliphatic heterocycles. The predicted molar refractivity (Wildman–Crippen MR) is 79.4 cm³/mol. The predicted octanol–water partition coefficient (Wildman–Crippen LogP) is 2.89. The first-order chi connectivity index (χ1) is 9.20. The number of anilines is 1. The molecule has 1 N–H and O–H groups in total. The maximum atomic E-state index is 8.86. The topological polar surface area (TPSA) is 39.1 Å². The molecule has 0 spiro atoms. The van der Waals surface area contributed by atoms with Crippen molar-refractivity contribution in [3.63, 3.8) is 0 Å². The van der Waals surface area contributed by atoms with Crippen LogP contribution in [-0.2, 0) is 0 Å². The molecule has 0 aliphatic carbocycles. The Balaban J connectivity index is 2.08. The standard InChI is InChI=1S/C16H23N3/c1-13(2)14-4-6-16(7-5-14)19-11-3-10-18-15(12-19)8-9-17/h4-7,13,15,18H,3,8,10-12H2,1-2H3. The van der Waals surface area contributed by atoms with E-state index < -0.39 is 0 Å². The van der Waals surface area contributed by atoms with Crippen LogP contribution in [-0.4, -0.2) is 25.7 Å². The van der Waals surface area contributed by atoms with Gasteiger partial charge < -0.3 is 10.2 Å². The van der Waals surface area contributed by atoms with Crippen LogP contribution in [0.1, 0.15) is 38.2 Å². The number of benzene rings is 1. The van der Waals surface area contributed by atoms with Gasteiger partial charge in [-0.3, -0.25) is 0 Å². The van der Waals surface area contributed by atoms with Crippen molar-refractivity contribution in [2.45, 2.75) is 38.6 Å². The number of nitrogens with zero attached hydrogens (tertiary/aromatic N) is 2. The fourth-order valence-corrected chi connectivity index (χ4v) is 2.55. The molecule has 1 aliphatic rings. The minimum absolute atomic E-state index is 0.289. The summed E-state index contributed by atoms with van der Waals surface area (Å²) < 4.78 is 0. The largest absolute Gasteiger partial charge is 0.370 e. The Labute approximate surface area is 116 Å². The third-order valence-electron chi connectivity index (χ3n) is 3.74. The van der Waals surface area contributed by atoms with Gasteiger partial charge in [-0.25, -0.2) is 0 Å². The number of rotatable bonds is 3. The number of nitriles is 1. The Morgan fingerprint density at radius 3 is 2.74 bits per heavy atom. The van der Waals surface area contributed by atoms with Crippen LogP contribution in [0.25, 0.3) is 0 Å². The second kappa shape index (κ2) is 6.58. The lowest BCUT2D eigenvalue weighted by Crippen LogP contribution is -2.37. The van der Waals surface area contributed by atoms with Crippen molar-refractivity contribution in [2.75, 3.05) is 24.5 Å². The summed E-state index contributed by atoms with van der Waals surface area (Å²) in [7, 11) is 0. The number of hydrogen-bond acceptors (Lipinski definition) is 3. The first kappa shape index (κ1) is 13.9. The van der Waals surface area contributed by atoms with Crippen molar-refractivity contribution in [1.82, 2.24) is 5.32 Å². The maximum Gasteiger partial charge on any atom is 0.0638 e. The summed E-state index contributed by atoms with van der Waals surface area (Å²) in [5.74, 6) is 0.575. The summed E-state index contributed by atoms with van der Waals surface area (Å²) >= 11 is 0. The highest BCUT2D eigenvalue weighted by Crippen LogP contribution is 2.21. The Kier molecular flexibility index (Phi) is 4.81. The average Bonchev–Trinajstić information content (AvgIpc) is 2.65. The molecule has 1 atom stereocenters. The van der Waals surface area contributed by atoms with E-state index in [1.165, 1.54) is 11.3 Å². The van der Waals surface area contributed by atoms with Gasteiger partial charge in [-0.1, -0.05) is 26.0 Å². The third kappa shape index (κ3) is 3.71. The molecule has 3 heteroatoms. The second-order valence-corrected chi connectivity index (χ2v) is 5.56. The molecule has 102 valence electrons. The molecule has 1 aromatic carbocycles. The Morgan fingerprint density at radius 1 is 1.37 bits per heavy atom.